The molecule has 0 saturated carbocycles. The lowest BCUT2D eigenvalue weighted by atomic mass is 10.0. The van der Waals surface area contributed by atoms with Gasteiger partial charge in [-0.15, -0.1) is 0 Å². The van der Waals surface area contributed by atoms with Crippen LogP contribution in [0.1, 0.15) is 37.8 Å². The van der Waals surface area contributed by atoms with Crippen LogP contribution in [0.2, 0.25) is 5.02 Å². The molecule has 7 nitrogen and oxygen atoms in total. The molecule has 4 aromatic rings. The van der Waals surface area contributed by atoms with E-state index in [0.717, 1.165) is 11.4 Å². The lowest BCUT2D eigenvalue weighted by Crippen LogP contribution is -2.27. The van der Waals surface area contributed by atoms with Gasteiger partial charge in [-0.25, -0.2) is 9.67 Å². The second-order valence-electron chi connectivity index (χ2n) is 8.34. The molecule has 1 N–H and O–H groups in total. The lowest BCUT2D eigenvalue weighted by Gasteiger charge is -2.14. The number of aromatic nitrogens is 4. The quantitative estimate of drug-likeness (QED) is 0.406. The normalized spacial score (nSPS) is 15.2. The summed E-state index contributed by atoms with van der Waals surface area (Å²) < 4.78 is 3.24. The lowest BCUT2D eigenvalue weighted by molar-refractivity contribution is -0.116. The Morgan fingerprint density at radius 3 is 2.76 bits per heavy atom. The van der Waals surface area contributed by atoms with E-state index in [1.807, 2.05) is 36.4 Å². The van der Waals surface area contributed by atoms with E-state index in [-0.39, 0.29) is 23.9 Å². The molecule has 0 fully saturated rings. The number of amides is 1. The summed E-state index contributed by atoms with van der Waals surface area (Å²) in [6.07, 6.45) is 1.72. The highest BCUT2D eigenvalue weighted by atomic mass is 35.5. The first-order chi connectivity index (χ1) is 15.9. The average molecular weight is 480 g/mol. The van der Waals surface area contributed by atoms with Crippen molar-refractivity contribution in [3.63, 3.8) is 0 Å². The molecule has 0 aliphatic carbocycles. The number of nitrogens with one attached hydrogen (secondary N) is 1. The minimum absolute atomic E-state index is 0.132. The number of rotatable bonds is 5. The van der Waals surface area contributed by atoms with Crippen molar-refractivity contribution >= 4 is 46.0 Å². The average Bonchev–Trinajstić information content (AvgIpc) is 3.39. The summed E-state index contributed by atoms with van der Waals surface area (Å²) in [4.78, 5) is 30.7. The fourth-order valence-electron chi connectivity index (χ4n) is 3.96. The molecule has 0 radical (unpaired) electrons. The molecule has 1 aliphatic rings. The number of nitrogens with zero attached hydrogens (tertiary/aromatic N) is 4. The third-order valence-electron chi connectivity index (χ3n) is 5.71. The van der Waals surface area contributed by atoms with Crippen molar-refractivity contribution in [1.29, 1.82) is 0 Å². The van der Waals surface area contributed by atoms with E-state index in [4.69, 9.17) is 16.6 Å². The van der Waals surface area contributed by atoms with E-state index in [0.29, 0.717) is 32.9 Å². The zero-order valence-electron chi connectivity index (χ0n) is 18.2. The van der Waals surface area contributed by atoms with Gasteiger partial charge in [0, 0.05) is 22.9 Å². The largest absolute Gasteiger partial charge is 0.326 e. The predicted molar refractivity (Wildman–Crippen MR) is 132 cm³/mol. The summed E-state index contributed by atoms with van der Waals surface area (Å²) in [6, 6.07) is 14.8. The first kappa shape index (κ1) is 21.7. The molecular weight excluding hydrogens is 458 g/mol. The van der Waals surface area contributed by atoms with Crippen molar-refractivity contribution in [3.8, 4) is 5.69 Å². The molecule has 2 aromatic carbocycles. The van der Waals surface area contributed by atoms with Gasteiger partial charge < -0.3 is 5.32 Å². The number of anilines is 1. The fourth-order valence-corrected chi connectivity index (χ4v) is 5.27. The number of thioether (sulfide) groups is 1. The van der Waals surface area contributed by atoms with Crippen LogP contribution in [0.15, 0.2) is 64.7 Å². The smallest absolute Gasteiger partial charge is 0.265 e. The maximum absolute atomic E-state index is 13.3. The molecular formula is C24H22ClN5O2S. The van der Waals surface area contributed by atoms with E-state index < -0.39 is 0 Å². The molecule has 9 heteroatoms. The Morgan fingerprint density at radius 2 is 2.03 bits per heavy atom. The number of benzene rings is 2. The zero-order chi connectivity index (χ0) is 23.1. The zero-order valence-corrected chi connectivity index (χ0v) is 19.7. The number of halogens is 1. The first-order valence-corrected chi connectivity index (χ1v) is 12.1. The van der Waals surface area contributed by atoms with Gasteiger partial charge >= 0.3 is 0 Å². The van der Waals surface area contributed by atoms with Gasteiger partial charge in [-0.2, -0.15) is 5.10 Å². The molecule has 5 rings (SSSR count). The molecule has 33 heavy (non-hydrogen) atoms. The molecule has 1 atom stereocenters. The van der Waals surface area contributed by atoms with Crippen molar-refractivity contribution in [2.45, 2.75) is 37.4 Å². The number of hydrogen-bond donors (Lipinski definition) is 1. The summed E-state index contributed by atoms with van der Waals surface area (Å²) in [7, 11) is 0. The second-order valence-corrected chi connectivity index (χ2v) is 9.76. The summed E-state index contributed by atoms with van der Waals surface area (Å²) in [5, 5.41) is 8.89. The number of carbonyl (C=O) groups is 1. The first-order valence-electron chi connectivity index (χ1n) is 10.7. The van der Waals surface area contributed by atoms with Crippen molar-refractivity contribution < 1.29 is 4.79 Å². The van der Waals surface area contributed by atoms with Gasteiger partial charge in [0.25, 0.3) is 5.56 Å². The molecule has 0 saturated heterocycles. The second kappa shape index (κ2) is 8.68. The van der Waals surface area contributed by atoms with E-state index in [2.05, 4.69) is 24.3 Å². The van der Waals surface area contributed by atoms with Crippen molar-refractivity contribution in [3.05, 3.63) is 75.7 Å². The van der Waals surface area contributed by atoms with Crippen molar-refractivity contribution in [2.75, 3.05) is 11.1 Å². The number of carbonyl (C=O) groups excluding carboxylic acids is 1. The van der Waals surface area contributed by atoms with Gasteiger partial charge in [0.15, 0.2) is 10.8 Å². The van der Waals surface area contributed by atoms with Crippen LogP contribution >= 0.6 is 23.4 Å². The van der Waals surface area contributed by atoms with Gasteiger partial charge in [-0.3, -0.25) is 14.2 Å². The van der Waals surface area contributed by atoms with E-state index in [9.17, 15) is 9.59 Å². The standard InChI is InChI=1S/C24H22ClN5O2S/c1-14(2)15-6-8-17(9-7-15)27-21(31)11-19-13-33-24-28-22-20(23(32)29(19)24)12-26-30(22)18-5-3-4-16(25)10-18/h3-10,12,14,19H,11,13H2,1-2H3,(H,27,31). The van der Waals surface area contributed by atoms with Gasteiger partial charge in [0.1, 0.15) is 5.39 Å². The summed E-state index contributed by atoms with van der Waals surface area (Å²) in [5.74, 6) is 0.910. The summed E-state index contributed by atoms with van der Waals surface area (Å²) in [5.41, 5.74) is 2.99. The van der Waals surface area contributed by atoms with Crippen LogP contribution in [0.3, 0.4) is 0 Å². The fraction of sp³-hybridized carbons (Fsp3) is 0.250. The van der Waals surface area contributed by atoms with Crippen molar-refractivity contribution in [2.24, 2.45) is 0 Å². The Bertz CT molecular complexity index is 1410. The predicted octanol–water partition coefficient (Wildman–Crippen LogP) is 5.03. The van der Waals surface area contributed by atoms with Crippen LogP contribution < -0.4 is 10.9 Å². The SMILES string of the molecule is CC(C)c1ccc(NC(=O)CC2CSc3nc4c(cnn4-c4cccc(Cl)c4)c(=O)n32)cc1. The van der Waals surface area contributed by atoms with Crippen LogP contribution in [-0.4, -0.2) is 31.0 Å². The Kier molecular flexibility index (Phi) is 5.72. The highest BCUT2D eigenvalue weighted by molar-refractivity contribution is 7.99. The van der Waals surface area contributed by atoms with Gasteiger partial charge in [0.05, 0.1) is 17.9 Å². The summed E-state index contributed by atoms with van der Waals surface area (Å²) >= 11 is 7.59. The van der Waals surface area contributed by atoms with Crippen LogP contribution in [0.25, 0.3) is 16.7 Å². The highest BCUT2D eigenvalue weighted by Crippen LogP contribution is 2.33. The van der Waals surface area contributed by atoms with Crippen LogP contribution in [0, 0.1) is 0 Å². The maximum Gasteiger partial charge on any atom is 0.265 e. The molecule has 0 bridgehead atoms. The maximum atomic E-state index is 13.3. The Balaban J connectivity index is 1.39. The van der Waals surface area contributed by atoms with E-state index in [1.54, 1.807) is 21.4 Å². The number of hydrogen-bond acceptors (Lipinski definition) is 5. The Morgan fingerprint density at radius 1 is 1.24 bits per heavy atom. The molecule has 0 spiro atoms. The molecule has 1 unspecified atom stereocenters. The monoisotopic (exact) mass is 479 g/mol. The summed E-state index contributed by atoms with van der Waals surface area (Å²) in [6.45, 7) is 4.26. The topological polar surface area (TPSA) is 81.8 Å². The minimum atomic E-state index is -0.265. The van der Waals surface area contributed by atoms with Gasteiger partial charge in [0.2, 0.25) is 5.91 Å². The van der Waals surface area contributed by atoms with Crippen LogP contribution in [0.5, 0.6) is 0 Å². The molecule has 1 aliphatic heterocycles. The van der Waals surface area contributed by atoms with E-state index >= 15 is 0 Å². The molecule has 1 amide bonds. The van der Waals surface area contributed by atoms with Crippen molar-refractivity contribution in [1.82, 2.24) is 19.3 Å². The highest BCUT2D eigenvalue weighted by Gasteiger charge is 2.29. The molecule has 2 aromatic heterocycles. The Labute approximate surface area is 199 Å². The van der Waals surface area contributed by atoms with Gasteiger partial charge in [-0.05, 0) is 41.8 Å². The number of fused-ring (bicyclic) bond motifs is 2. The molecule has 168 valence electrons. The van der Waals surface area contributed by atoms with E-state index in [1.165, 1.54) is 23.5 Å². The third-order valence-corrected chi connectivity index (χ3v) is 7.04. The van der Waals surface area contributed by atoms with Gasteiger partial charge in [-0.1, -0.05) is 55.4 Å². The molecule has 3 heterocycles. The van der Waals surface area contributed by atoms with Crippen LogP contribution in [0.4, 0.5) is 5.69 Å². The minimum Gasteiger partial charge on any atom is -0.326 e. The Hall–Kier alpha value is -3.10. The third kappa shape index (κ3) is 4.16. The van der Waals surface area contributed by atoms with Crippen LogP contribution in [-0.2, 0) is 4.79 Å².